The Balaban J connectivity index is 1.77. The van der Waals surface area contributed by atoms with Gasteiger partial charge in [-0.15, -0.1) is 0 Å². The van der Waals surface area contributed by atoms with Gasteiger partial charge in [0.15, 0.2) is 0 Å². The molecule has 1 N–H and O–H groups in total. The minimum absolute atomic E-state index is 0.185. The normalized spacial score (nSPS) is 21.8. The van der Waals surface area contributed by atoms with Crippen molar-refractivity contribution in [2.45, 2.75) is 31.7 Å². The van der Waals surface area contributed by atoms with Crippen molar-refractivity contribution in [3.8, 4) is 0 Å². The van der Waals surface area contributed by atoms with E-state index in [4.69, 9.17) is 4.42 Å². The minimum Gasteiger partial charge on any atom is -0.469 e. The topological polar surface area (TPSA) is 42.2 Å². The molecule has 0 aromatic carbocycles. The number of nitrogens with one attached hydrogen (secondary N) is 1. The molecule has 3 nitrogen and oxygen atoms in total. The maximum Gasteiger partial charge on any atom is 0.220 e. The first-order valence-electron chi connectivity index (χ1n) is 4.66. The second-order valence-electron chi connectivity index (χ2n) is 3.42. The average Bonchev–Trinajstić information content (AvgIpc) is 2.71. The summed E-state index contributed by atoms with van der Waals surface area (Å²) in [5.41, 5.74) is 0. The molecule has 2 rings (SSSR count). The predicted molar refractivity (Wildman–Crippen MR) is 48.2 cm³/mol. The van der Waals surface area contributed by atoms with Gasteiger partial charge in [0.25, 0.3) is 0 Å². The second-order valence-corrected chi connectivity index (χ2v) is 3.42. The molecule has 1 fully saturated rings. The van der Waals surface area contributed by atoms with Crippen LogP contribution in [0.5, 0.6) is 0 Å². The summed E-state index contributed by atoms with van der Waals surface area (Å²) >= 11 is 0. The van der Waals surface area contributed by atoms with Crippen molar-refractivity contribution in [3.05, 3.63) is 24.2 Å². The van der Waals surface area contributed by atoms with E-state index in [1.54, 1.807) is 6.26 Å². The first-order chi connectivity index (χ1) is 6.34. The Kier molecular flexibility index (Phi) is 2.34. The number of hydrogen-bond acceptors (Lipinski definition) is 2. The lowest BCUT2D eigenvalue weighted by molar-refractivity contribution is -0.119. The largest absolute Gasteiger partial charge is 0.469 e. The molecule has 1 atom stereocenters. The molecule has 0 saturated carbocycles. The molecule has 3 heteroatoms. The van der Waals surface area contributed by atoms with E-state index in [1.165, 1.54) is 0 Å². The van der Waals surface area contributed by atoms with Gasteiger partial charge >= 0.3 is 0 Å². The van der Waals surface area contributed by atoms with Gasteiger partial charge in [0.1, 0.15) is 5.76 Å². The molecule has 0 aliphatic carbocycles. The monoisotopic (exact) mass is 179 g/mol. The van der Waals surface area contributed by atoms with Crippen molar-refractivity contribution in [3.63, 3.8) is 0 Å². The predicted octanol–water partition coefficient (Wildman–Crippen LogP) is 1.49. The molecule has 1 aromatic rings. The van der Waals surface area contributed by atoms with Crippen molar-refractivity contribution in [1.82, 2.24) is 5.32 Å². The van der Waals surface area contributed by atoms with Crippen LogP contribution in [0.2, 0.25) is 0 Å². The van der Waals surface area contributed by atoms with E-state index in [0.717, 1.165) is 25.0 Å². The Morgan fingerprint density at radius 1 is 1.62 bits per heavy atom. The zero-order valence-electron chi connectivity index (χ0n) is 7.45. The van der Waals surface area contributed by atoms with E-state index in [-0.39, 0.29) is 5.91 Å². The molecule has 1 amide bonds. The zero-order chi connectivity index (χ0) is 9.10. The smallest absolute Gasteiger partial charge is 0.220 e. The van der Waals surface area contributed by atoms with Crippen molar-refractivity contribution in [1.29, 1.82) is 0 Å². The first kappa shape index (κ1) is 8.35. The van der Waals surface area contributed by atoms with E-state index >= 15 is 0 Å². The Hall–Kier alpha value is -1.25. The first-order valence-corrected chi connectivity index (χ1v) is 4.66. The number of rotatable bonds is 3. The van der Waals surface area contributed by atoms with Gasteiger partial charge in [-0.1, -0.05) is 0 Å². The average molecular weight is 179 g/mol. The fourth-order valence-electron chi connectivity index (χ4n) is 1.67. The summed E-state index contributed by atoms with van der Waals surface area (Å²) in [6.07, 6.45) is 5.24. The highest BCUT2D eigenvalue weighted by atomic mass is 16.3. The molecule has 1 aliphatic rings. The lowest BCUT2D eigenvalue weighted by Gasteiger charge is -2.07. The molecule has 1 aromatic heterocycles. The van der Waals surface area contributed by atoms with Gasteiger partial charge in [0.05, 0.1) is 6.26 Å². The molecule has 0 spiro atoms. The molecule has 2 heterocycles. The molecule has 0 bridgehead atoms. The number of furan rings is 1. The highest BCUT2D eigenvalue weighted by Gasteiger charge is 2.20. The van der Waals surface area contributed by atoms with Gasteiger partial charge in [-0.2, -0.15) is 0 Å². The third kappa shape index (κ3) is 2.11. The molecular weight excluding hydrogens is 166 g/mol. The zero-order valence-corrected chi connectivity index (χ0v) is 7.45. The molecular formula is C10H13NO2. The van der Waals surface area contributed by atoms with Crippen LogP contribution < -0.4 is 5.32 Å². The van der Waals surface area contributed by atoms with Crippen LogP contribution in [0.25, 0.3) is 0 Å². The maximum absolute atomic E-state index is 10.9. The van der Waals surface area contributed by atoms with Crippen LogP contribution in [-0.2, 0) is 11.2 Å². The van der Waals surface area contributed by atoms with Gasteiger partial charge < -0.3 is 9.73 Å². The molecule has 1 aliphatic heterocycles. The van der Waals surface area contributed by atoms with Gasteiger partial charge in [-0.25, -0.2) is 0 Å². The highest BCUT2D eigenvalue weighted by molar-refractivity contribution is 5.78. The van der Waals surface area contributed by atoms with Crippen LogP contribution in [-0.4, -0.2) is 11.9 Å². The van der Waals surface area contributed by atoms with Crippen LogP contribution >= 0.6 is 0 Å². The summed E-state index contributed by atoms with van der Waals surface area (Å²) in [5.74, 6) is 1.19. The summed E-state index contributed by atoms with van der Waals surface area (Å²) < 4.78 is 5.21. The van der Waals surface area contributed by atoms with Crippen LogP contribution in [0.3, 0.4) is 0 Å². The summed E-state index contributed by atoms with van der Waals surface area (Å²) in [5, 5.41) is 2.94. The maximum atomic E-state index is 10.9. The van der Waals surface area contributed by atoms with Crippen molar-refractivity contribution >= 4 is 5.91 Å². The number of aryl methyl sites for hydroxylation is 1. The van der Waals surface area contributed by atoms with Crippen LogP contribution in [0.15, 0.2) is 22.8 Å². The van der Waals surface area contributed by atoms with E-state index in [1.807, 2.05) is 12.1 Å². The van der Waals surface area contributed by atoms with Crippen molar-refractivity contribution in [2.75, 3.05) is 0 Å². The Morgan fingerprint density at radius 3 is 3.15 bits per heavy atom. The third-order valence-electron chi connectivity index (χ3n) is 2.40. The molecule has 0 unspecified atom stereocenters. The molecule has 13 heavy (non-hydrogen) atoms. The number of carbonyl (C=O) groups is 1. The van der Waals surface area contributed by atoms with E-state index in [9.17, 15) is 4.79 Å². The summed E-state index contributed by atoms with van der Waals surface area (Å²) in [4.78, 5) is 10.9. The quantitative estimate of drug-likeness (QED) is 0.763. The van der Waals surface area contributed by atoms with Crippen LogP contribution in [0.4, 0.5) is 0 Å². The van der Waals surface area contributed by atoms with E-state index in [2.05, 4.69) is 5.32 Å². The Labute approximate surface area is 77.1 Å². The standard InChI is InChI=1S/C10H13NO2/c12-10-6-4-8(11-10)3-5-9-2-1-7-13-9/h1-2,7-8H,3-6H2,(H,11,12)/t8-/m1/s1. The number of carbonyl (C=O) groups excluding carboxylic acids is 1. The summed E-state index contributed by atoms with van der Waals surface area (Å²) in [6.45, 7) is 0. The fraction of sp³-hybridized carbons (Fsp3) is 0.500. The van der Waals surface area contributed by atoms with Crippen LogP contribution in [0.1, 0.15) is 25.0 Å². The summed E-state index contributed by atoms with van der Waals surface area (Å²) in [6, 6.07) is 4.22. The minimum atomic E-state index is 0.185. The molecule has 70 valence electrons. The number of amides is 1. The highest BCUT2D eigenvalue weighted by Crippen LogP contribution is 2.13. The molecule has 0 radical (unpaired) electrons. The molecule has 1 saturated heterocycles. The Morgan fingerprint density at radius 2 is 2.54 bits per heavy atom. The number of hydrogen-bond donors (Lipinski definition) is 1. The fourth-order valence-corrected chi connectivity index (χ4v) is 1.67. The lowest BCUT2D eigenvalue weighted by atomic mass is 10.1. The van der Waals surface area contributed by atoms with E-state index < -0.39 is 0 Å². The Bertz CT molecular complexity index is 279. The van der Waals surface area contributed by atoms with Crippen LogP contribution in [0, 0.1) is 0 Å². The van der Waals surface area contributed by atoms with Gasteiger partial charge in [-0.05, 0) is 25.0 Å². The SMILES string of the molecule is O=C1CC[C@@H](CCc2ccco2)N1. The second kappa shape index (κ2) is 3.64. The van der Waals surface area contributed by atoms with Crippen molar-refractivity contribution in [2.24, 2.45) is 0 Å². The third-order valence-corrected chi connectivity index (χ3v) is 2.40. The van der Waals surface area contributed by atoms with Gasteiger partial charge in [-0.3, -0.25) is 4.79 Å². The van der Waals surface area contributed by atoms with E-state index in [0.29, 0.717) is 12.5 Å². The summed E-state index contributed by atoms with van der Waals surface area (Å²) in [7, 11) is 0. The van der Waals surface area contributed by atoms with Gasteiger partial charge in [0.2, 0.25) is 5.91 Å². The lowest BCUT2D eigenvalue weighted by Crippen LogP contribution is -2.25. The van der Waals surface area contributed by atoms with Gasteiger partial charge in [0, 0.05) is 18.9 Å². The van der Waals surface area contributed by atoms with Crippen molar-refractivity contribution < 1.29 is 9.21 Å².